The molecule has 1 heterocycles. The zero-order valence-electron chi connectivity index (χ0n) is 20.6. The van der Waals surface area contributed by atoms with Crippen LogP contribution in [0.1, 0.15) is 28.8 Å². The summed E-state index contributed by atoms with van der Waals surface area (Å²) in [6.07, 6.45) is 1.64. The lowest BCUT2D eigenvalue weighted by Gasteiger charge is -2.18. The fraction of sp³-hybridized carbons (Fsp3) is 0.207. The molecule has 1 N–H and O–H groups in total. The highest BCUT2D eigenvalue weighted by atomic mass is 16.5. The Labute approximate surface area is 212 Å². The van der Waals surface area contributed by atoms with Gasteiger partial charge < -0.3 is 23.9 Å². The van der Waals surface area contributed by atoms with Crippen molar-refractivity contribution in [3.63, 3.8) is 0 Å². The van der Waals surface area contributed by atoms with Gasteiger partial charge in [0.05, 0.1) is 20.1 Å². The maximum atomic E-state index is 13.3. The van der Waals surface area contributed by atoms with Crippen molar-refractivity contribution >= 4 is 28.5 Å². The summed E-state index contributed by atoms with van der Waals surface area (Å²) in [5.41, 5.74) is 1.66. The molecule has 1 aliphatic rings. The van der Waals surface area contributed by atoms with E-state index in [1.165, 1.54) is 20.3 Å². The molecule has 1 aliphatic carbocycles. The SMILES string of the molecule is COc1ccc(-c2ccccc2)c(OC)c1NC(=O)c1cc2ccc(OC(=O)C3CC3)c(C)c2oc1=O. The highest BCUT2D eigenvalue weighted by Crippen LogP contribution is 2.42. The van der Waals surface area contributed by atoms with Crippen LogP contribution in [0.4, 0.5) is 5.69 Å². The van der Waals surface area contributed by atoms with Crippen LogP contribution in [0.3, 0.4) is 0 Å². The lowest BCUT2D eigenvalue weighted by atomic mass is 10.0. The van der Waals surface area contributed by atoms with Gasteiger partial charge in [0, 0.05) is 16.5 Å². The second-order valence-corrected chi connectivity index (χ2v) is 8.79. The number of rotatable bonds is 7. The lowest BCUT2D eigenvalue weighted by molar-refractivity contribution is -0.135. The van der Waals surface area contributed by atoms with Gasteiger partial charge in [0.25, 0.3) is 5.91 Å². The molecule has 0 atom stereocenters. The van der Waals surface area contributed by atoms with E-state index in [9.17, 15) is 14.4 Å². The molecule has 1 saturated carbocycles. The van der Waals surface area contributed by atoms with Gasteiger partial charge in [0.1, 0.15) is 28.3 Å². The maximum absolute atomic E-state index is 13.3. The molecular formula is C29H25NO7. The van der Waals surface area contributed by atoms with Crippen molar-refractivity contribution in [2.45, 2.75) is 19.8 Å². The lowest BCUT2D eigenvalue weighted by Crippen LogP contribution is -2.21. The third-order valence-corrected chi connectivity index (χ3v) is 6.33. The summed E-state index contributed by atoms with van der Waals surface area (Å²) in [7, 11) is 2.98. The molecule has 0 spiro atoms. The molecule has 5 rings (SSSR count). The Morgan fingerprint density at radius 1 is 0.946 bits per heavy atom. The van der Waals surface area contributed by atoms with Gasteiger partial charge in [0.15, 0.2) is 5.75 Å². The fourth-order valence-corrected chi connectivity index (χ4v) is 4.18. The van der Waals surface area contributed by atoms with Crippen molar-refractivity contribution in [2.75, 3.05) is 19.5 Å². The van der Waals surface area contributed by atoms with Crippen LogP contribution in [0.25, 0.3) is 22.1 Å². The first kappa shape index (κ1) is 24.1. The number of nitrogens with one attached hydrogen (secondary N) is 1. The average Bonchev–Trinajstić information content (AvgIpc) is 3.76. The summed E-state index contributed by atoms with van der Waals surface area (Å²) in [6.45, 7) is 1.70. The van der Waals surface area contributed by atoms with Crippen LogP contribution < -0.4 is 25.2 Å². The first-order valence-electron chi connectivity index (χ1n) is 11.8. The van der Waals surface area contributed by atoms with E-state index in [4.69, 9.17) is 18.6 Å². The summed E-state index contributed by atoms with van der Waals surface area (Å²) in [4.78, 5) is 38.2. The molecule has 0 aliphatic heterocycles. The zero-order chi connectivity index (χ0) is 26.1. The molecule has 188 valence electrons. The normalized spacial score (nSPS) is 12.7. The number of fused-ring (bicyclic) bond motifs is 1. The average molecular weight is 500 g/mol. The maximum Gasteiger partial charge on any atom is 0.349 e. The molecule has 0 saturated heterocycles. The molecule has 8 heteroatoms. The number of carbonyl (C=O) groups is 2. The number of carbonyl (C=O) groups excluding carboxylic acids is 2. The van der Waals surface area contributed by atoms with Crippen LogP contribution in [-0.4, -0.2) is 26.1 Å². The number of hydrogen-bond acceptors (Lipinski definition) is 7. The highest BCUT2D eigenvalue weighted by molar-refractivity contribution is 6.08. The van der Waals surface area contributed by atoms with Gasteiger partial charge in [-0.15, -0.1) is 0 Å². The second kappa shape index (κ2) is 9.81. The van der Waals surface area contributed by atoms with Crippen molar-refractivity contribution in [3.8, 4) is 28.4 Å². The van der Waals surface area contributed by atoms with Gasteiger partial charge in [0.2, 0.25) is 0 Å². The Morgan fingerprint density at radius 2 is 1.68 bits per heavy atom. The Morgan fingerprint density at radius 3 is 2.35 bits per heavy atom. The van der Waals surface area contributed by atoms with Crippen LogP contribution in [0.2, 0.25) is 0 Å². The van der Waals surface area contributed by atoms with Crippen LogP contribution in [0.5, 0.6) is 17.2 Å². The minimum atomic E-state index is -0.823. The number of benzene rings is 3. The minimum Gasteiger partial charge on any atom is -0.494 e. The number of esters is 1. The standard InChI is InChI=1S/C29H25NO7/c1-16-22(36-28(32)18-9-10-18)13-11-19-15-21(29(33)37-25(16)19)27(31)30-24-23(34-2)14-12-20(26(24)35-3)17-7-5-4-6-8-17/h4-8,11-15,18H,9-10H2,1-3H3,(H,30,31). The predicted octanol–water partition coefficient (Wildman–Crippen LogP) is 5.35. The molecule has 37 heavy (non-hydrogen) atoms. The molecule has 8 nitrogen and oxygen atoms in total. The minimum absolute atomic E-state index is 0.0671. The van der Waals surface area contributed by atoms with Crippen molar-refractivity contribution in [2.24, 2.45) is 5.92 Å². The number of hydrogen-bond donors (Lipinski definition) is 1. The molecule has 0 radical (unpaired) electrons. The summed E-state index contributed by atoms with van der Waals surface area (Å²) in [5.74, 6) is 0.0512. The van der Waals surface area contributed by atoms with E-state index in [0.29, 0.717) is 28.2 Å². The zero-order valence-corrected chi connectivity index (χ0v) is 20.6. The smallest absolute Gasteiger partial charge is 0.349 e. The summed E-state index contributed by atoms with van der Waals surface area (Å²) in [5, 5.41) is 3.29. The van der Waals surface area contributed by atoms with E-state index in [2.05, 4.69) is 5.32 Å². The van der Waals surface area contributed by atoms with Crippen molar-refractivity contribution in [1.82, 2.24) is 0 Å². The molecule has 0 bridgehead atoms. The summed E-state index contributed by atoms with van der Waals surface area (Å²) < 4.78 is 22.1. The summed E-state index contributed by atoms with van der Waals surface area (Å²) >= 11 is 0. The van der Waals surface area contributed by atoms with Gasteiger partial charge in [-0.2, -0.15) is 0 Å². The van der Waals surface area contributed by atoms with Crippen LogP contribution in [0.15, 0.2) is 69.9 Å². The molecular weight excluding hydrogens is 474 g/mol. The summed E-state index contributed by atoms with van der Waals surface area (Å²) in [6, 6.07) is 17.8. The Kier molecular flexibility index (Phi) is 6.40. The predicted molar refractivity (Wildman–Crippen MR) is 139 cm³/mol. The van der Waals surface area contributed by atoms with E-state index in [1.54, 1.807) is 25.1 Å². The number of ether oxygens (including phenoxy) is 3. The van der Waals surface area contributed by atoms with E-state index in [-0.39, 0.29) is 28.7 Å². The highest BCUT2D eigenvalue weighted by Gasteiger charge is 2.32. The molecule has 0 unspecified atom stereocenters. The molecule has 1 aromatic heterocycles. The van der Waals surface area contributed by atoms with Crippen molar-refractivity contribution in [3.05, 3.63) is 82.2 Å². The number of anilines is 1. The Balaban J connectivity index is 1.50. The van der Waals surface area contributed by atoms with E-state index in [1.807, 2.05) is 36.4 Å². The van der Waals surface area contributed by atoms with Gasteiger partial charge in [-0.25, -0.2) is 4.79 Å². The van der Waals surface area contributed by atoms with E-state index < -0.39 is 11.5 Å². The number of amides is 1. The Bertz CT molecular complexity index is 1570. The van der Waals surface area contributed by atoms with Crippen LogP contribution in [-0.2, 0) is 4.79 Å². The second-order valence-electron chi connectivity index (χ2n) is 8.79. The first-order chi connectivity index (χ1) is 17.9. The Hall–Kier alpha value is -4.59. The first-order valence-corrected chi connectivity index (χ1v) is 11.8. The van der Waals surface area contributed by atoms with Crippen molar-refractivity contribution < 1.29 is 28.2 Å². The number of aryl methyl sites for hydroxylation is 1. The van der Waals surface area contributed by atoms with Crippen LogP contribution in [0, 0.1) is 12.8 Å². The van der Waals surface area contributed by atoms with Crippen LogP contribution >= 0.6 is 0 Å². The monoisotopic (exact) mass is 499 g/mol. The van der Waals surface area contributed by atoms with Gasteiger partial charge in [-0.1, -0.05) is 30.3 Å². The number of methoxy groups -OCH3 is 2. The molecule has 4 aromatic rings. The van der Waals surface area contributed by atoms with E-state index >= 15 is 0 Å². The van der Waals surface area contributed by atoms with Gasteiger partial charge in [-0.3, -0.25) is 9.59 Å². The largest absolute Gasteiger partial charge is 0.494 e. The van der Waals surface area contributed by atoms with E-state index in [0.717, 1.165) is 24.0 Å². The molecule has 3 aromatic carbocycles. The molecule has 1 fully saturated rings. The fourth-order valence-electron chi connectivity index (χ4n) is 4.18. The van der Waals surface area contributed by atoms with Gasteiger partial charge in [-0.05, 0) is 55.7 Å². The van der Waals surface area contributed by atoms with Gasteiger partial charge >= 0.3 is 11.6 Å². The van der Waals surface area contributed by atoms with Crippen molar-refractivity contribution in [1.29, 1.82) is 0 Å². The quantitative estimate of drug-likeness (QED) is 0.208. The third kappa shape index (κ3) is 4.65. The third-order valence-electron chi connectivity index (χ3n) is 6.33. The molecule has 1 amide bonds. The topological polar surface area (TPSA) is 104 Å².